The summed E-state index contributed by atoms with van der Waals surface area (Å²) in [6, 6.07) is 13.4. The molecular formula is C19H18N2O4S. The van der Waals surface area contributed by atoms with Gasteiger partial charge >= 0.3 is 0 Å². The molecule has 6 nitrogen and oxygen atoms in total. The summed E-state index contributed by atoms with van der Waals surface area (Å²) < 4.78 is 37.5. The largest absolute Gasteiger partial charge is 0.486 e. The normalized spacial score (nSPS) is 15.0. The number of nitrogens with two attached hydrogens (primary N) is 1. The molecule has 0 atom stereocenters. The number of nitrogen functional groups attached to an aromatic ring is 1. The zero-order valence-electron chi connectivity index (χ0n) is 14.2. The summed E-state index contributed by atoms with van der Waals surface area (Å²) in [5, 5.41) is 0.541. The third-order valence-electron chi connectivity index (χ3n) is 4.36. The van der Waals surface area contributed by atoms with E-state index in [1.807, 2.05) is 0 Å². The van der Waals surface area contributed by atoms with E-state index in [1.54, 1.807) is 55.5 Å². The highest BCUT2D eigenvalue weighted by molar-refractivity contribution is 7.91. The van der Waals surface area contributed by atoms with Gasteiger partial charge in [-0.25, -0.2) is 13.4 Å². The summed E-state index contributed by atoms with van der Waals surface area (Å²) >= 11 is 0. The van der Waals surface area contributed by atoms with E-state index in [2.05, 4.69) is 4.98 Å². The van der Waals surface area contributed by atoms with Crippen LogP contribution in [0.3, 0.4) is 0 Å². The van der Waals surface area contributed by atoms with Crippen LogP contribution in [0.1, 0.15) is 5.56 Å². The molecule has 0 bridgehead atoms. The predicted molar refractivity (Wildman–Crippen MR) is 98.0 cm³/mol. The van der Waals surface area contributed by atoms with E-state index in [1.165, 1.54) is 0 Å². The molecule has 0 radical (unpaired) electrons. The number of hydrogen-bond acceptors (Lipinski definition) is 6. The van der Waals surface area contributed by atoms with Crippen LogP contribution >= 0.6 is 0 Å². The van der Waals surface area contributed by atoms with E-state index < -0.39 is 9.84 Å². The Kier molecular flexibility index (Phi) is 4.05. The average molecular weight is 370 g/mol. The quantitative estimate of drug-likeness (QED) is 0.759. The number of sulfone groups is 1. The average Bonchev–Trinajstić information content (AvgIpc) is 2.58. The van der Waals surface area contributed by atoms with Crippen molar-refractivity contribution in [3.63, 3.8) is 0 Å². The van der Waals surface area contributed by atoms with Gasteiger partial charge in [0, 0.05) is 5.39 Å². The van der Waals surface area contributed by atoms with Crippen molar-refractivity contribution >= 4 is 26.6 Å². The van der Waals surface area contributed by atoms with Crippen LogP contribution in [-0.4, -0.2) is 32.7 Å². The van der Waals surface area contributed by atoms with Gasteiger partial charge in [-0.15, -0.1) is 0 Å². The summed E-state index contributed by atoms with van der Waals surface area (Å²) in [6.07, 6.45) is -0.0296. The topological polar surface area (TPSA) is 91.5 Å². The molecule has 0 aliphatic carbocycles. The van der Waals surface area contributed by atoms with Crippen molar-refractivity contribution in [1.82, 2.24) is 4.98 Å². The molecule has 3 aromatic rings. The van der Waals surface area contributed by atoms with Crippen molar-refractivity contribution in [2.45, 2.75) is 22.8 Å². The summed E-state index contributed by atoms with van der Waals surface area (Å²) in [6.45, 7) is 2.81. The van der Waals surface area contributed by atoms with Crippen molar-refractivity contribution < 1.29 is 17.9 Å². The molecule has 26 heavy (non-hydrogen) atoms. The minimum atomic E-state index is -3.75. The third kappa shape index (κ3) is 2.89. The second-order valence-electron chi connectivity index (χ2n) is 6.27. The number of benzene rings is 2. The molecule has 7 heteroatoms. The van der Waals surface area contributed by atoms with Gasteiger partial charge in [-0.3, -0.25) is 0 Å². The molecule has 1 aromatic heterocycles. The molecule has 0 spiro atoms. The van der Waals surface area contributed by atoms with Crippen LogP contribution < -0.4 is 10.5 Å². The first-order valence-corrected chi connectivity index (χ1v) is 9.69. The second-order valence-corrected chi connectivity index (χ2v) is 8.15. The van der Waals surface area contributed by atoms with Crippen molar-refractivity contribution in [3.8, 4) is 5.75 Å². The van der Waals surface area contributed by atoms with E-state index in [-0.39, 0.29) is 15.9 Å². The molecule has 1 fully saturated rings. The number of ether oxygens (including phenoxy) is 2. The lowest BCUT2D eigenvalue weighted by molar-refractivity contribution is -0.0797. The van der Waals surface area contributed by atoms with Crippen molar-refractivity contribution in [1.29, 1.82) is 0 Å². The molecule has 1 aliphatic rings. The Balaban J connectivity index is 1.83. The Morgan fingerprint density at radius 1 is 1.12 bits per heavy atom. The summed E-state index contributed by atoms with van der Waals surface area (Å²) in [5.41, 5.74) is 6.92. The summed E-state index contributed by atoms with van der Waals surface area (Å²) in [4.78, 5) is 4.64. The van der Waals surface area contributed by atoms with Crippen molar-refractivity contribution in [2.75, 3.05) is 18.9 Å². The van der Waals surface area contributed by atoms with Gasteiger partial charge in [-0.05, 0) is 48.9 Å². The first-order valence-electron chi connectivity index (χ1n) is 8.20. The first kappa shape index (κ1) is 16.8. The number of anilines is 1. The maximum Gasteiger partial charge on any atom is 0.207 e. The van der Waals surface area contributed by atoms with Crippen LogP contribution in [0.15, 0.2) is 58.3 Å². The molecule has 0 unspecified atom stereocenters. The highest BCUT2D eigenvalue weighted by Gasteiger charge is 2.25. The SMILES string of the molecule is Cc1ccc(OC2COC2)cc1S(=O)(=O)c1cccc2nc(N)ccc12. The number of aromatic nitrogens is 1. The van der Waals surface area contributed by atoms with Crippen LogP contribution in [0.2, 0.25) is 0 Å². The Hall–Kier alpha value is -2.64. The number of fused-ring (bicyclic) bond motifs is 1. The van der Waals surface area contributed by atoms with E-state index in [4.69, 9.17) is 15.2 Å². The van der Waals surface area contributed by atoms with Gasteiger partial charge in [-0.2, -0.15) is 0 Å². The molecule has 4 rings (SSSR count). The Bertz CT molecular complexity index is 1090. The standard InChI is InChI=1S/C19H18N2O4S/c1-12-5-6-13(25-14-10-24-11-14)9-18(12)26(22,23)17-4-2-3-16-15(17)7-8-19(20)21-16/h2-9,14H,10-11H2,1H3,(H2,20,21). The lowest BCUT2D eigenvalue weighted by atomic mass is 10.2. The molecule has 1 saturated heterocycles. The van der Waals surface area contributed by atoms with Gasteiger partial charge < -0.3 is 15.2 Å². The summed E-state index contributed by atoms with van der Waals surface area (Å²) in [5.74, 6) is 0.867. The zero-order valence-corrected chi connectivity index (χ0v) is 15.0. The monoisotopic (exact) mass is 370 g/mol. The molecule has 0 saturated carbocycles. The fourth-order valence-corrected chi connectivity index (χ4v) is 4.63. The minimum absolute atomic E-state index is 0.0296. The first-order chi connectivity index (χ1) is 12.4. The molecule has 2 N–H and O–H groups in total. The number of hydrogen-bond donors (Lipinski definition) is 1. The number of aryl methyl sites for hydroxylation is 1. The van der Waals surface area contributed by atoms with Gasteiger partial charge in [-0.1, -0.05) is 12.1 Å². The fourth-order valence-electron chi connectivity index (χ4n) is 2.91. The van der Waals surface area contributed by atoms with Gasteiger partial charge in [0.05, 0.1) is 28.5 Å². The minimum Gasteiger partial charge on any atom is -0.486 e. The second kappa shape index (κ2) is 6.26. The van der Waals surface area contributed by atoms with Gasteiger partial charge in [0.1, 0.15) is 17.7 Å². The lowest BCUT2D eigenvalue weighted by Crippen LogP contribution is -2.38. The number of nitrogens with zero attached hydrogens (tertiary/aromatic N) is 1. The van der Waals surface area contributed by atoms with Gasteiger partial charge in [0.25, 0.3) is 0 Å². The molecule has 2 heterocycles. The molecule has 1 aliphatic heterocycles. The van der Waals surface area contributed by atoms with E-state index in [9.17, 15) is 8.42 Å². The van der Waals surface area contributed by atoms with Crippen LogP contribution in [-0.2, 0) is 14.6 Å². The van der Waals surface area contributed by atoms with E-state index in [0.717, 1.165) is 0 Å². The lowest BCUT2D eigenvalue weighted by Gasteiger charge is -2.27. The van der Waals surface area contributed by atoms with Gasteiger partial charge in [0.15, 0.2) is 0 Å². The van der Waals surface area contributed by atoms with Crippen molar-refractivity contribution in [3.05, 3.63) is 54.1 Å². The van der Waals surface area contributed by atoms with Crippen LogP contribution in [0.25, 0.3) is 10.9 Å². The highest BCUT2D eigenvalue weighted by atomic mass is 32.2. The zero-order chi connectivity index (χ0) is 18.3. The molecule has 134 valence electrons. The summed E-state index contributed by atoms with van der Waals surface area (Å²) in [7, 11) is -3.75. The number of rotatable bonds is 4. The molecule has 2 aromatic carbocycles. The maximum atomic E-state index is 13.3. The van der Waals surface area contributed by atoms with E-state index in [0.29, 0.717) is 41.2 Å². The van der Waals surface area contributed by atoms with Crippen LogP contribution in [0, 0.1) is 6.92 Å². The molecule has 0 amide bonds. The van der Waals surface area contributed by atoms with Crippen LogP contribution in [0.4, 0.5) is 5.82 Å². The number of pyridine rings is 1. The third-order valence-corrected chi connectivity index (χ3v) is 6.32. The smallest absolute Gasteiger partial charge is 0.207 e. The van der Waals surface area contributed by atoms with Gasteiger partial charge in [0.2, 0.25) is 9.84 Å². The fraction of sp³-hybridized carbons (Fsp3) is 0.211. The highest BCUT2D eigenvalue weighted by Crippen LogP contribution is 2.32. The van der Waals surface area contributed by atoms with Crippen LogP contribution in [0.5, 0.6) is 5.75 Å². The Morgan fingerprint density at radius 3 is 2.65 bits per heavy atom. The van der Waals surface area contributed by atoms with Crippen molar-refractivity contribution in [2.24, 2.45) is 0 Å². The molecular weight excluding hydrogens is 352 g/mol. The maximum absolute atomic E-state index is 13.3. The predicted octanol–water partition coefficient (Wildman–Crippen LogP) is 2.74. The van der Waals surface area contributed by atoms with E-state index >= 15 is 0 Å². The Labute approximate surface area is 151 Å². The Morgan fingerprint density at radius 2 is 1.92 bits per heavy atom.